The topological polar surface area (TPSA) is 12.5 Å². The first-order chi connectivity index (χ1) is 10.4. The van der Waals surface area contributed by atoms with Crippen LogP contribution in [0.1, 0.15) is 56.9 Å². The molecule has 2 nitrogen and oxygen atoms in total. The Morgan fingerprint density at radius 1 is 0.857 bits per heavy atom. The third-order valence-corrected chi connectivity index (χ3v) is 5.27. The molecular formula is C19H25NO. The number of nitrogens with zero attached hydrogens (tertiary/aromatic N) is 1. The molecule has 0 unspecified atom stereocenters. The van der Waals surface area contributed by atoms with Crippen LogP contribution in [0.25, 0.3) is 5.70 Å². The summed E-state index contributed by atoms with van der Waals surface area (Å²) in [5.74, 6) is 1.10. The Morgan fingerprint density at radius 2 is 1.57 bits per heavy atom. The minimum atomic E-state index is -0.0284. The molecule has 1 saturated carbocycles. The summed E-state index contributed by atoms with van der Waals surface area (Å²) in [7, 11) is 0. The van der Waals surface area contributed by atoms with Crippen LogP contribution < -0.4 is 4.74 Å². The highest BCUT2D eigenvalue weighted by Crippen LogP contribution is 2.44. The lowest BCUT2D eigenvalue weighted by molar-refractivity contribution is 0.0721. The van der Waals surface area contributed by atoms with E-state index in [9.17, 15) is 0 Å². The molecule has 2 heterocycles. The molecule has 0 amide bonds. The molecule has 0 atom stereocenters. The van der Waals surface area contributed by atoms with Crippen LogP contribution in [0, 0.1) is 0 Å². The van der Waals surface area contributed by atoms with Gasteiger partial charge in [-0.25, -0.2) is 0 Å². The van der Waals surface area contributed by atoms with Crippen molar-refractivity contribution in [1.82, 2.24) is 4.90 Å². The van der Waals surface area contributed by atoms with Crippen LogP contribution in [0.5, 0.6) is 5.75 Å². The second-order valence-corrected chi connectivity index (χ2v) is 6.80. The van der Waals surface area contributed by atoms with E-state index in [-0.39, 0.29) is 5.60 Å². The second kappa shape index (κ2) is 5.40. The molecule has 1 spiro atoms. The highest BCUT2D eigenvalue weighted by Gasteiger charge is 2.37. The fourth-order valence-electron chi connectivity index (χ4n) is 4.14. The largest absolute Gasteiger partial charge is 0.482 e. The summed E-state index contributed by atoms with van der Waals surface area (Å²) < 4.78 is 6.48. The molecule has 0 bridgehead atoms. The molecule has 3 aliphatic rings. The fraction of sp³-hybridized carbons (Fsp3) is 0.579. The molecule has 1 aromatic rings. The van der Waals surface area contributed by atoms with Gasteiger partial charge < -0.3 is 9.64 Å². The highest BCUT2D eigenvalue weighted by atomic mass is 16.5. The Balaban J connectivity index is 1.74. The average Bonchev–Trinajstić information content (AvgIpc) is 2.56. The third-order valence-electron chi connectivity index (χ3n) is 5.27. The van der Waals surface area contributed by atoms with E-state index >= 15 is 0 Å². The molecule has 112 valence electrons. The van der Waals surface area contributed by atoms with Gasteiger partial charge in [-0.3, -0.25) is 0 Å². The maximum atomic E-state index is 6.48. The van der Waals surface area contributed by atoms with E-state index in [4.69, 9.17) is 4.74 Å². The smallest absolute Gasteiger partial charge is 0.129 e. The molecule has 1 saturated heterocycles. The van der Waals surface area contributed by atoms with Crippen molar-refractivity contribution in [2.24, 2.45) is 0 Å². The van der Waals surface area contributed by atoms with E-state index in [1.54, 1.807) is 0 Å². The second-order valence-electron chi connectivity index (χ2n) is 6.80. The first kappa shape index (κ1) is 13.2. The summed E-state index contributed by atoms with van der Waals surface area (Å²) in [6, 6.07) is 8.63. The Bertz CT molecular complexity index is 536. The van der Waals surface area contributed by atoms with Crippen molar-refractivity contribution >= 4 is 5.70 Å². The molecule has 2 fully saturated rings. The fourth-order valence-corrected chi connectivity index (χ4v) is 4.14. The number of piperidine rings is 1. The molecule has 0 aromatic heterocycles. The first-order valence-corrected chi connectivity index (χ1v) is 8.63. The van der Waals surface area contributed by atoms with Crippen LogP contribution in [0.3, 0.4) is 0 Å². The first-order valence-electron chi connectivity index (χ1n) is 8.63. The number of rotatable bonds is 1. The summed E-state index contributed by atoms with van der Waals surface area (Å²) >= 11 is 0. The quantitative estimate of drug-likeness (QED) is 0.746. The van der Waals surface area contributed by atoms with Crippen molar-refractivity contribution in [2.45, 2.75) is 57.0 Å². The van der Waals surface area contributed by atoms with Crippen LogP contribution in [0.2, 0.25) is 0 Å². The molecule has 0 radical (unpaired) electrons. The summed E-state index contributed by atoms with van der Waals surface area (Å²) in [5.41, 5.74) is 2.72. The van der Waals surface area contributed by atoms with Crippen molar-refractivity contribution in [2.75, 3.05) is 13.1 Å². The lowest BCUT2D eigenvalue weighted by Crippen LogP contribution is -2.41. The maximum Gasteiger partial charge on any atom is 0.129 e. The van der Waals surface area contributed by atoms with Gasteiger partial charge in [0.1, 0.15) is 11.4 Å². The molecule has 1 aromatic carbocycles. The number of fused-ring (bicyclic) bond motifs is 1. The van der Waals surface area contributed by atoms with Crippen molar-refractivity contribution in [3.8, 4) is 5.75 Å². The Hall–Kier alpha value is -1.44. The number of benzene rings is 1. The van der Waals surface area contributed by atoms with Gasteiger partial charge in [-0.15, -0.1) is 0 Å². The van der Waals surface area contributed by atoms with Gasteiger partial charge in [0.15, 0.2) is 0 Å². The Morgan fingerprint density at radius 3 is 2.38 bits per heavy atom. The number of likely N-dealkylation sites (tertiary alicyclic amines) is 1. The monoisotopic (exact) mass is 283 g/mol. The average molecular weight is 283 g/mol. The molecule has 1 aliphatic carbocycles. The maximum absolute atomic E-state index is 6.48. The van der Waals surface area contributed by atoms with Gasteiger partial charge >= 0.3 is 0 Å². The van der Waals surface area contributed by atoms with Gasteiger partial charge in [0.05, 0.1) is 0 Å². The van der Waals surface area contributed by atoms with Crippen LogP contribution in [-0.4, -0.2) is 23.6 Å². The normalized spacial score (nSPS) is 24.2. The van der Waals surface area contributed by atoms with E-state index in [0.29, 0.717) is 0 Å². The highest BCUT2D eigenvalue weighted by molar-refractivity contribution is 5.72. The van der Waals surface area contributed by atoms with Gasteiger partial charge in [-0.1, -0.05) is 18.6 Å². The number of ether oxygens (including phenoxy) is 1. The Kier molecular flexibility index (Phi) is 3.40. The number of hydrogen-bond donors (Lipinski definition) is 0. The standard InChI is InChI=1S/C19H25NO/c1-5-11-19(12-6-1)15-17(20-13-7-2-8-14-20)16-9-3-4-10-18(16)21-19/h3-4,9-10,15H,1-2,5-8,11-14H2. The van der Waals surface area contributed by atoms with Gasteiger partial charge in [0.2, 0.25) is 0 Å². The number of para-hydroxylation sites is 1. The predicted molar refractivity (Wildman–Crippen MR) is 86.3 cm³/mol. The SMILES string of the molecule is C1=C(N2CCCCC2)c2ccccc2OC12CCCCC2. The number of hydrogen-bond acceptors (Lipinski definition) is 2. The summed E-state index contributed by atoms with van der Waals surface area (Å²) in [4.78, 5) is 2.60. The van der Waals surface area contributed by atoms with Gasteiger partial charge in [-0.2, -0.15) is 0 Å². The minimum absolute atomic E-state index is 0.0284. The van der Waals surface area contributed by atoms with Gasteiger partial charge in [0, 0.05) is 24.4 Å². The van der Waals surface area contributed by atoms with E-state index in [0.717, 1.165) is 5.75 Å². The molecule has 21 heavy (non-hydrogen) atoms. The van der Waals surface area contributed by atoms with Crippen molar-refractivity contribution in [3.63, 3.8) is 0 Å². The van der Waals surface area contributed by atoms with Crippen LogP contribution in [0.15, 0.2) is 30.3 Å². The van der Waals surface area contributed by atoms with E-state index in [1.807, 2.05) is 0 Å². The summed E-state index contributed by atoms with van der Waals surface area (Å²) in [6.45, 7) is 2.41. The molecule has 4 rings (SSSR count). The lowest BCUT2D eigenvalue weighted by atomic mass is 9.81. The summed E-state index contributed by atoms with van der Waals surface area (Å²) in [5, 5.41) is 0. The zero-order valence-corrected chi connectivity index (χ0v) is 12.8. The van der Waals surface area contributed by atoms with Crippen molar-refractivity contribution in [3.05, 3.63) is 35.9 Å². The predicted octanol–water partition coefficient (Wildman–Crippen LogP) is 4.61. The summed E-state index contributed by atoms with van der Waals surface area (Å²) in [6.07, 6.45) is 12.8. The zero-order chi connectivity index (χ0) is 14.1. The Labute approximate surface area is 127 Å². The third kappa shape index (κ3) is 2.45. The van der Waals surface area contributed by atoms with Gasteiger partial charge in [-0.05, 0) is 63.2 Å². The van der Waals surface area contributed by atoms with Crippen molar-refractivity contribution in [1.29, 1.82) is 0 Å². The minimum Gasteiger partial charge on any atom is -0.482 e. The van der Waals surface area contributed by atoms with Crippen molar-refractivity contribution < 1.29 is 4.74 Å². The molecule has 0 N–H and O–H groups in total. The van der Waals surface area contributed by atoms with Crippen LogP contribution >= 0.6 is 0 Å². The van der Waals surface area contributed by atoms with E-state index < -0.39 is 0 Å². The van der Waals surface area contributed by atoms with Gasteiger partial charge in [0.25, 0.3) is 0 Å². The van der Waals surface area contributed by atoms with Crippen LogP contribution in [0.4, 0.5) is 0 Å². The van der Waals surface area contributed by atoms with E-state index in [1.165, 1.54) is 75.7 Å². The molecular weight excluding hydrogens is 258 g/mol. The molecule has 2 heteroatoms. The van der Waals surface area contributed by atoms with Crippen LogP contribution in [-0.2, 0) is 0 Å². The van der Waals surface area contributed by atoms with E-state index in [2.05, 4.69) is 35.2 Å². The lowest BCUT2D eigenvalue weighted by Gasteiger charge is -2.42. The molecule has 2 aliphatic heterocycles. The zero-order valence-electron chi connectivity index (χ0n) is 12.8.